The first-order chi connectivity index (χ1) is 13.2. The molecule has 152 valence electrons. The van der Waals surface area contributed by atoms with Gasteiger partial charge in [-0.05, 0) is 12.1 Å². The molecule has 0 radical (unpaired) electrons. The Bertz CT molecular complexity index is 837. The Morgan fingerprint density at radius 1 is 1.29 bits per heavy atom. The Morgan fingerprint density at radius 3 is 2.64 bits per heavy atom. The van der Waals surface area contributed by atoms with Crippen molar-refractivity contribution in [3.05, 3.63) is 18.4 Å². The molecule has 10 nitrogen and oxygen atoms in total. The van der Waals surface area contributed by atoms with Gasteiger partial charge in [0.25, 0.3) is 0 Å². The van der Waals surface area contributed by atoms with Crippen molar-refractivity contribution in [2.24, 2.45) is 5.73 Å². The molecule has 0 saturated heterocycles. The number of nitrogens with one attached hydrogen (secondary N) is 2. The van der Waals surface area contributed by atoms with Crippen LogP contribution in [0.15, 0.2) is 28.0 Å². The number of alkyl halides is 3. The van der Waals surface area contributed by atoms with Crippen LogP contribution in [0.2, 0.25) is 0 Å². The molecule has 0 bridgehead atoms. The summed E-state index contributed by atoms with van der Waals surface area (Å²) in [5.41, 5.74) is 5.15. The number of carbonyl (C=O) groups excluding carboxylic acids is 3. The summed E-state index contributed by atoms with van der Waals surface area (Å²) in [6.45, 7) is -1.44. The lowest BCUT2D eigenvalue weighted by Crippen LogP contribution is -2.43. The molecule has 28 heavy (non-hydrogen) atoms. The molecule has 0 aliphatic heterocycles. The third-order valence-corrected chi connectivity index (χ3v) is 4.04. The van der Waals surface area contributed by atoms with Crippen molar-refractivity contribution in [2.75, 3.05) is 12.3 Å². The van der Waals surface area contributed by atoms with E-state index in [-0.39, 0.29) is 23.9 Å². The Morgan fingerprint density at radius 2 is 2.04 bits per heavy atom. The molecule has 0 saturated carbocycles. The molecule has 0 unspecified atom stereocenters. The molecular formula is C14H15F3N6O4S. The lowest BCUT2D eigenvalue weighted by Gasteiger charge is -2.09. The number of carbonyl (C=O) groups is 3. The number of halogens is 3. The molecule has 2 heterocycles. The minimum Gasteiger partial charge on any atom is -0.461 e. The quantitative estimate of drug-likeness (QED) is 0.538. The highest BCUT2D eigenvalue weighted by molar-refractivity contribution is 7.99. The first-order valence-electron chi connectivity index (χ1n) is 7.68. The predicted octanol–water partition coefficient (Wildman–Crippen LogP) is 0.894. The summed E-state index contributed by atoms with van der Waals surface area (Å²) in [6, 6.07) is 1.98. The molecule has 0 spiro atoms. The van der Waals surface area contributed by atoms with Crippen molar-refractivity contribution in [1.82, 2.24) is 25.4 Å². The van der Waals surface area contributed by atoms with Gasteiger partial charge in [-0.25, -0.2) is 4.79 Å². The van der Waals surface area contributed by atoms with Gasteiger partial charge in [0.05, 0.1) is 12.0 Å². The van der Waals surface area contributed by atoms with E-state index in [1.54, 1.807) is 17.4 Å². The molecule has 4 N–H and O–H groups in total. The number of aromatic nitrogens is 3. The number of nitrogens with two attached hydrogens (primary N) is 1. The molecule has 4 amide bonds. The number of thioether (sulfide) groups is 1. The van der Waals surface area contributed by atoms with Gasteiger partial charge in [0, 0.05) is 13.0 Å². The van der Waals surface area contributed by atoms with Gasteiger partial charge in [-0.2, -0.15) is 13.2 Å². The summed E-state index contributed by atoms with van der Waals surface area (Å²) in [6.07, 6.45) is -3.19. The molecule has 0 atom stereocenters. The van der Waals surface area contributed by atoms with Crippen LogP contribution < -0.4 is 16.4 Å². The van der Waals surface area contributed by atoms with Crippen LogP contribution in [-0.2, 0) is 16.1 Å². The monoisotopic (exact) mass is 420 g/mol. The van der Waals surface area contributed by atoms with Crippen LogP contribution in [0.25, 0.3) is 11.6 Å². The van der Waals surface area contributed by atoms with Crippen molar-refractivity contribution in [3.63, 3.8) is 0 Å². The topological polar surface area (TPSA) is 145 Å². The van der Waals surface area contributed by atoms with E-state index in [1.165, 1.54) is 16.1 Å². The number of rotatable bonds is 8. The lowest BCUT2D eigenvalue weighted by molar-refractivity contribution is -0.124. The van der Waals surface area contributed by atoms with E-state index >= 15 is 0 Å². The van der Waals surface area contributed by atoms with E-state index in [0.29, 0.717) is 11.6 Å². The van der Waals surface area contributed by atoms with E-state index in [4.69, 9.17) is 10.2 Å². The molecule has 0 aromatic carbocycles. The van der Waals surface area contributed by atoms with Gasteiger partial charge in [0.1, 0.15) is 6.54 Å². The number of nitrogens with zero attached hydrogens (tertiary/aromatic N) is 3. The lowest BCUT2D eigenvalue weighted by atomic mass is 10.3. The number of hydrogen-bond donors (Lipinski definition) is 3. The highest BCUT2D eigenvalue weighted by Gasteiger charge is 2.28. The predicted molar refractivity (Wildman–Crippen MR) is 89.9 cm³/mol. The fraction of sp³-hybridized carbons (Fsp3) is 0.357. The number of imide groups is 1. The second kappa shape index (κ2) is 9.25. The Labute approximate surface area is 160 Å². The average molecular weight is 420 g/mol. The number of furan rings is 1. The minimum absolute atomic E-state index is 0.0225. The smallest absolute Gasteiger partial charge is 0.405 e. The molecule has 0 fully saturated rings. The number of primary amides is 1. The van der Waals surface area contributed by atoms with Crippen LogP contribution in [0.1, 0.15) is 6.42 Å². The van der Waals surface area contributed by atoms with E-state index in [2.05, 4.69) is 10.2 Å². The summed E-state index contributed by atoms with van der Waals surface area (Å²) in [7, 11) is 0. The zero-order valence-electron chi connectivity index (χ0n) is 14.2. The van der Waals surface area contributed by atoms with Gasteiger partial charge in [-0.3, -0.25) is 19.5 Å². The maximum Gasteiger partial charge on any atom is 0.405 e. The average Bonchev–Trinajstić information content (AvgIpc) is 3.24. The van der Waals surface area contributed by atoms with Crippen LogP contribution in [0.5, 0.6) is 0 Å². The second-order valence-electron chi connectivity index (χ2n) is 5.29. The Balaban J connectivity index is 1.98. The first kappa shape index (κ1) is 21.3. The number of hydrogen-bond acceptors (Lipinski definition) is 7. The minimum atomic E-state index is -4.59. The highest BCUT2D eigenvalue weighted by atomic mass is 32.2. The Hall–Kier alpha value is -3.03. The third kappa shape index (κ3) is 6.61. The van der Waals surface area contributed by atoms with Crippen LogP contribution >= 0.6 is 11.8 Å². The standard InChI is InChI=1S/C14H15F3N6O4S/c15-14(16,17)7-19-12(26)20-10(25)6-28-13-22-21-11(8-2-1-5-27-8)23(13)4-3-9(18)24/h1-2,5H,3-4,6-7H2,(H2,18,24)(H2,19,20,25,26). The maximum atomic E-state index is 12.0. The van der Waals surface area contributed by atoms with E-state index in [9.17, 15) is 27.6 Å². The van der Waals surface area contributed by atoms with Crippen LogP contribution in [0.3, 0.4) is 0 Å². The highest BCUT2D eigenvalue weighted by Crippen LogP contribution is 2.24. The van der Waals surface area contributed by atoms with Crippen LogP contribution in [0, 0.1) is 0 Å². The molecular weight excluding hydrogens is 405 g/mol. The summed E-state index contributed by atoms with van der Waals surface area (Å²) in [4.78, 5) is 34.1. The van der Waals surface area contributed by atoms with Gasteiger partial charge in [0.15, 0.2) is 16.7 Å². The van der Waals surface area contributed by atoms with E-state index < -0.39 is 30.6 Å². The van der Waals surface area contributed by atoms with Crippen LogP contribution in [0.4, 0.5) is 18.0 Å². The van der Waals surface area contributed by atoms with E-state index in [0.717, 1.165) is 11.8 Å². The van der Waals surface area contributed by atoms with Crippen molar-refractivity contribution in [3.8, 4) is 11.6 Å². The fourth-order valence-corrected chi connectivity index (χ4v) is 2.69. The second-order valence-corrected chi connectivity index (χ2v) is 6.23. The summed E-state index contributed by atoms with van der Waals surface area (Å²) < 4.78 is 42.8. The van der Waals surface area contributed by atoms with Gasteiger partial charge >= 0.3 is 12.2 Å². The zero-order chi connectivity index (χ0) is 20.7. The van der Waals surface area contributed by atoms with E-state index in [1.807, 2.05) is 0 Å². The molecule has 14 heteroatoms. The van der Waals surface area contributed by atoms with Gasteiger partial charge < -0.3 is 15.5 Å². The molecule has 0 aliphatic carbocycles. The maximum absolute atomic E-state index is 12.0. The Kier molecular flexibility index (Phi) is 7.03. The number of urea groups is 1. The summed E-state index contributed by atoms with van der Waals surface area (Å²) in [5.74, 6) is -1.05. The van der Waals surface area contributed by atoms with Crippen molar-refractivity contribution >= 4 is 29.6 Å². The van der Waals surface area contributed by atoms with Crippen LogP contribution in [-0.4, -0.2) is 51.1 Å². The number of amides is 4. The first-order valence-corrected chi connectivity index (χ1v) is 8.67. The molecule has 0 aliphatic rings. The summed E-state index contributed by atoms with van der Waals surface area (Å²) in [5, 5.41) is 11.4. The zero-order valence-corrected chi connectivity index (χ0v) is 15.0. The largest absolute Gasteiger partial charge is 0.461 e. The molecule has 2 aromatic rings. The third-order valence-electron chi connectivity index (χ3n) is 3.07. The summed E-state index contributed by atoms with van der Waals surface area (Å²) >= 11 is 0.872. The van der Waals surface area contributed by atoms with Gasteiger partial charge in [0.2, 0.25) is 11.8 Å². The normalized spacial score (nSPS) is 11.2. The SMILES string of the molecule is NC(=O)CCn1c(SCC(=O)NC(=O)NCC(F)(F)F)nnc1-c1ccco1. The molecule has 2 rings (SSSR count). The van der Waals surface area contributed by atoms with Crippen molar-refractivity contribution < 1.29 is 32.0 Å². The fourth-order valence-electron chi connectivity index (χ4n) is 1.92. The van der Waals surface area contributed by atoms with Gasteiger partial charge in [-0.15, -0.1) is 10.2 Å². The van der Waals surface area contributed by atoms with Crippen molar-refractivity contribution in [2.45, 2.75) is 24.3 Å². The van der Waals surface area contributed by atoms with Gasteiger partial charge in [-0.1, -0.05) is 11.8 Å². The van der Waals surface area contributed by atoms with Crippen molar-refractivity contribution in [1.29, 1.82) is 0 Å². The molecule has 2 aromatic heterocycles.